The van der Waals surface area contributed by atoms with E-state index in [-0.39, 0.29) is 18.3 Å². The first-order valence-corrected chi connectivity index (χ1v) is 8.94. The Morgan fingerprint density at radius 2 is 1.92 bits per heavy atom. The summed E-state index contributed by atoms with van der Waals surface area (Å²) in [5, 5.41) is 3.28. The van der Waals surface area contributed by atoms with E-state index < -0.39 is 0 Å². The highest BCUT2D eigenvalue weighted by Crippen LogP contribution is 2.21. The zero-order chi connectivity index (χ0) is 18.4. The molecule has 0 atom stereocenters. The molecule has 0 aliphatic carbocycles. The van der Waals surface area contributed by atoms with Gasteiger partial charge in [0.05, 0.1) is 0 Å². The molecular weight excluding hydrogens is 348 g/mol. The molecule has 1 aromatic heterocycles. The second kappa shape index (κ2) is 8.40. The van der Waals surface area contributed by atoms with Crippen LogP contribution in [0.5, 0.6) is 5.75 Å². The molecule has 5 nitrogen and oxygen atoms in total. The molecule has 0 unspecified atom stereocenters. The minimum Gasteiger partial charge on any atom is -0.484 e. The number of ketones is 1. The minimum atomic E-state index is -0.293. The molecule has 0 radical (unpaired) electrons. The number of nitrogens with zero attached hydrogens (tertiary/aromatic N) is 1. The van der Waals surface area contributed by atoms with E-state index in [4.69, 9.17) is 4.74 Å². The Labute approximate surface area is 155 Å². The van der Waals surface area contributed by atoms with Crippen LogP contribution in [0, 0.1) is 0 Å². The molecule has 0 bridgehead atoms. The first-order valence-electron chi connectivity index (χ1n) is 8.12. The van der Waals surface area contributed by atoms with Crippen LogP contribution in [0.4, 0.5) is 5.13 Å². The molecule has 2 aromatic carbocycles. The maximum atomic E-state index is 12.0. The van der Waals surface area contributed by atoms with Crippen molar-refractivity contribution in [1.82, 2.24) is 4.98 Å². The molecule has 26 heavy (non-hydrogen) atoms. The molecule has 0 aliphatic heterocycles. The minimum absolute atomic E-state index is 0.0476. The van der Waals surface area contributed by atoms with Gasteiger partial charge < -0.3 is 4.74 Å². The molecule has 1 N–H and O–H groups in total. The molecule has 0 saturated carbocycles. The Morgan fingerprint density at radius 1 is 1.12 bits per heavy atom. The molecule has 0 saturated heterocycles. The normalized spacial score (nSPS) is 10.3. The van der Waals surface area contributed by atoms with Gasteiger partial charge in [0.15, 0.2) is 17.5 Å². The van der Waals surface area contributed by atoms with Gasteiger partial charge in [-0.25, -0.2) is 4.98 Å². The van der Waals surface area contributed by atoms with Crippen molar-refractivity contribution < 1.29 is 14.3 Å². The van der Waals surface area contributed by atoms with E-state index in [0.717, 1.165) is 11.3 Å². The van der Waals surface area contributed by atoms with Crippen LogP contribution in [0.15, 0.2) is 60.8 Å². The largest absolute Gasteiger partial charge is 0.484 e. The lowest BCUT2D eigenvalue weighted by atomic mass is 10.1. The molecule has 0 spiro atoms. The van der Waals surface area contributed by atoms with Gasteiger partial charge in [-0.3, -0.25) is 14.9 Å². The zero-order valence-electron chi connectivity index (χ0n) is 14.3. The summed E-state index contributed by atoms with van der Waals surface area (Å²) < 4.78 is 5.45. The third-order valence-corrected chi connectivity index (χ3v) is 4.54. The first kappa shape index (κ1) is 17.8. The highest BCUT2D eigenvalue weighted by Gasteiger charge is 2.09. The summed E-state index contributed by atoms with van der Waals surface area (Å²) >= 11 is 1.44. The Bertz CT molecular complexity index is 906. The van der Waals surface area contributed by atoms with E-state index >= 15 is 0 Å². The van der Waals surface area contributed by atoms with Crippen molar-refractivity contribution in [2.24, 2.45) is 0 Å². The molecule has 6 heteroatoms. The number of carbonyl (C=O) groups excluding carboxylic acids is 2. The second-order valence-corrected chi connectivity index (χ2v) is 6.83. The van der Waals surface area contributed by atoms with Crippen molar-refractivity contribution in [3.8, 4) is 5.75 Å². The van der Waals surface area contributed by atoms with Gasteiger partial charge in [-0.2, -0.15) is 0 Å². The highest BCUT2D eigenvalue weighted by molar-refractivity contribution is 7.15. The number of anilines is 1. The summed E-state index contributed by atoms with van der Waals surface area (Å²) in [5.41, 5.74) is 1.75. The predicted molar refractivity (Wildman–Crippen MR) is 102 cm³/mol. The van der Waals surface area contributed by atoms with E-state index in [1.807, 2.05) is 18.2 Å². The fourth-order valence-corrected chi connectivity index (χ4v) is 3.22. The third kappa shape index (κ3) is 5.00. The Kier molecular flexibility index (Phi) is 5.76. The number of hydrogen-bond acceptors (Lipinski definition) is 5. The van der Waals surface area contributed by atoms with Crippen molar-refractivity contribution in [3.63, 3.8) is 0 Å². The number of benzene rings is 2. The SMILES string of the molecule is CC(=O)c1cccc(OCC(=O)Nc2ncc(Cc3ccccc3)s2)c1. The summed E-state index contributed by atoms with van der Waals surface area (Å²) in [6.07, 6.45) is 2.55. The topological polar surface area (TPSA) is 68.3 Å². The van der Waals surface area contributed by atoms with Gasteiger partial charge in [-0.15, -0.1) is 11.3 Å². The number of thiazole rings is 1. The van der Waals surface area contributed by atoms with Crippen molar-refractivity contribution in [3.05, 3.63) is 76.8 Å². The average molecular weight is 366 g/mol. The van der Waals surface area contributed by atoms with E-state index in [0.29, 0.717) is 16.4 Å². The maximum absolute atomic E-state index is 12.0. The predicted octanol–water partition coefficient (Wildman–Crippen LogP) is 3.95. The van der Waals surface area contributed by atoms with E-state index in [9.17, 15) is 9.59 Å². The van der Waals surface area contributed by atoms with E-state index in [1.54, 1.807) is 30.5 Å². The fourth-order valence-electron chi connectivity index (χ4n) is 2.35. The summed E-state index contributed by atoms with van der Waals surface area (Å²) in [5.74, 6) is 0.143. The van der Waals surface area contributed by atoms with Gasteiger partial charge >= 0.3 is 0 Å². The summed E-state index contributed by atoms with van der Waals surface area (Å²) in [4.78, 5) is 28.7. The Morgan fingerprint density at radius 3 is 2.69 bits per heavy atom. The molecule has 0 fully saturated rings. The highest BCUT2D eigenvalue weighted by atomic mass is 32.1. The summed E-state index contributed by atoms with van der Waals surface area (Å²) in [7, 11) is 0. The van der Waals surface area contributed by atoms with Crippen molar-refractivity contribution in [2.45, 2.75) is 13.3 Å². The molecule has 1 heterocycles. The van der Waals surface area contributed by atoms with Crippen molar-refractivity contribution >= 4 is 28.2 Å². The fraction of sp³-hybridized carbons (Fsp3) is 0.150. The van der Waals surface area contributed by atoms with Crippen LogP contribution in [0.1, 0.15) is 27.7 Å². The van der Waals surface area contributed by atoms with Crippen LogP contribution >= 0.6 is 11.3 Å². The molecule has 3 aromatic rings. The number of Topliss-reactive ketones (excluding diaryl/α,β-unsaturated/α-hetero) is 1. The number of rotatable bonds is 7. The molecule has 132 valence electrons. The monoisotopic (exact) mass is 366 g/mol. The van der Waals surface area contributed by atoms with Crippen LogP contribution in [0.3, 0.4) is 0 Å². The van der Waals surface area contributed by atoms with Gasteiger partial charge in [0, 0.05) is 23.1 Å². The Hall–Kier alpha value is -2.99. The van der Waals surface area contributed by atoms with Gasteiger partial charge in [0.25, 0.3) is 5.91 Å². The van der Waals surface area contributed by atoms with E-state index in [2.05, 4.69) is 22.4 Å². The second-order valence-electron chi connectivity index (χ2n) is 5.71. The van der Waals surface area contributed by atoms with Crippen LogP contribution in [0.2, 0.25) is 0 Å². The summed E-state index contributed by atoms with van der Waals surface area (Å²) in [6.45, 7) is 1.34. The lowest BCUT2D eigenvalue weighted by Gasteiger charge is -2.06. The third-order valence-electron chi connectivity index (χ3n) is 3.63. The number of ether oxygens (including phenoxy) is 1. The van der Waals surface area contributed by atoms with Crippen LogP contribution < -0.4 is 10.1 Å². The van der Waals surface area contributed by atoms with Crippen LogP contribution in [0.25, 0.3) is 0 Å². The number of amides is 1. The molecule has 0 aliphatic rings. The lowest BCUT2D eigenvalue weighted by molar-refractivity contribution is -0.118. The number of hydrogen-bond donors (Lipinski definition) is 1. The molecule has 1 amide bonds. The number of aromatic nitrogens is 1. The van der Waals surface area contributed by atoms with Gasteiger partial charge in [-0.05, 0) is 24.6 Å². The molecule has 3 rings (SSSR count). The smallest absolute Gasteiger partial charge is 0.264 e. The van der Waals surface area contributed by atoms with Crippen LogP contribution in [-0.2, 0) is 11.2 Å². The Balaban J connectivity index is 1.52. The first-order chi connectivity index (χ1) is 12.6. The van der Waals surface area contributed by atoms with Crippen molar-refractivity contribution in [2.75, 3.05) is 11.9 Å². The zero-order valence-corrected chi connectivity index (χ0v) is 15.1. The van der Waals surface area contributed by atoms with Gasteiger partial charge in [0.1, 0.15) is 5.75 Å². The number of carbonyl (C=O) groups is 2. The van der Waals surface area contributed by atoms with Crippen molar-refractivity contribution in [1.29, 1.82) is 0 Å². The van der Waals surface area contributed by atoms with Gasteiger partial charge in [0.2, 0.25) is 0 Å². The summed E-state index contributed by atoms with van der Waals surface area (Å²) in [6, 6.07) is 16.8. The quantitative estimate of drug-likeness (QED) is 0.643. The van der Waals surface area contributed by atoms with Gasteiger partial charge in [-0.1, -0.05) is 42.5 Å². The maximum Gasteiger partial charge on any atom is 0.264 e. The average Bonchev–Trinajstić information content (AvgIpc) is 3.08. The lowest BCUT2D eigenvalue weighted by Crippen LogP contribution is -2.20. The number of nitrogens with one attached hydrogen (secondary N) is 1. The van der Waals surface area contributed by atoms with Crippen LogP contribution in [-0.4, -0.2) is 23.3 Å². The van der Waals surface area contributed by atoms with E-state index in [1.165, 1.54) is 23.8 Å². The standard InChI is InChI=1S/C20H18N2O3S/c1-14(23)16-8-5-9-17(11-16)25-13-19(24)22-20-21-12-18(26-20)10-15-6-3-2-4-7-15/h2-9,11-12H,10,13H2,1H3,(H,21,22,24). The molecular formula is C20H18N2O3S.